The topological polar surface area (TPSA) is 78.9 Å². The summed E-state index contributed by atoms with van der Waals surface area (Å²) in [4.78, 5) is 8.59. The van der Waals surface area contributed by atoms with Crippen molar-refractivity contribution in [3.05, 3.63) is 71.0 Å². The summed E-state index contributed by atoms with van der Waals surface area (Å²) in [6, 6.07) is 10.7. The van der Waals surface area contributed by atoms with Gasteiger partial charge in [-0.05, 0) is 37.3 Å². The highest BCUT2D eigenvalue weighted by atomic mass is 79.9. The number of aromatic nitrogens is 4. The van der Waals surface area contributed by atoms with Gasteiger partial charge in [-0.3, -0.25) is 4.98 Å². The minimum absolute atomic E-state index is 0.277. The standard InChI is InChI=1S/C19H15BrFN5O/c1-11(18-16(9-14(21)10-23-18)26-6-2-5-24-26)27-17-8-12-7-13(20)3-4-15(12)25-19(17)22/h2-11H,1H3,(H2,22,25). The van der Waals surface area contributed by atoms with Gasteiger partial charge < -0.3 is 10.5 Å². The second kappa shape index (κ2) is 6.96. The molecule has 0 amide bonds. The number of fused-ring (bicyclic) bond motifs is 1. The highest BCUT2D eigenvalue weighted by Gasteiger charge is 2.18. The van der Waals surface area contributed by atoms with E-state index >= 15 is 0 Å². The smallest absolute Gasteiger partial charge is 0.166 e. The van der Waals surface area contributed by atoms with Gasteiger partial charge in [0.15, 0.2) is 11.6 Å². The minimum Gasteiger partial charge on any atom is -0.480 e. The molecule has 6 nitrogen and oxygen atoms in total. The number of hydrogen-bond acceptors (Lipinski definition) is 5. The van der Waals surface area contributed by atoms with Gasteiger partial charge >= 0.3 is 0 Å². The average molecular weight is 428 g/mol. The molecule has 0 bridgehead atoms. The van der Waals surface area contributed by atoms with E-state index in [1.165, 1.54) is 6.07 Å². The van der Waals surface area contributed by atoms with E-state index in [1.807, 2.05) is 31.2 Å². The molecule has 8 heteroatoms. The summed E-state index contributed by atoms with van der Waals surface area (Å²) in [6.07, 6.45) is 3.99. The van der Waals surface area contributed by atoms with Crippen LogP contribution in [0.15, 0.2) is 59.5 Å². The third-order valence-electron chi connectivity index (χ3n) is 4.07. The number of nitrogens with two attached hydrogens (primary N) is 1. The summed E-state index contributed by atoms with van der Waals surface area (Å²) in [5.74, 6) is 0.262. The zero-order chi connectivity index (χ0) is 19.0. The van der Waals surface area contributed by atoms with Crippen LogP contribution in [0.1, 0.15) is 18.7 Å². The number of nitrogen functional groups attached to an aromatic ring is 1. The molecule has 0 spiro atoms. The van der Waals surface area contributed by atoms with E-state index in [0.29, 0.717) is 17.1 Å². The number of rotatable bonds is 4. The Morgan fingerprint density at radius 3 is 2.89 bits per heavy atom. The van der Waals surface area contributed by atoms with E-state index in [9.17, 15) is 4.39 Å². The fraction of sp³-hybridized carbons (Fsp3) is 0.105. The Balaban J connectivity index is 1.72. The lowest BCUT2D eigenvalue weighted by atomic mass is 10.2. The predicted molar refractivity (Wildman–Crippen MR) is 104 cm³/mol. The van der Waals surface area contributed by atoms with Gasteiger partial charge in [0.05, 0.1) is 17.4 Å². The minimum atomic E-state index is -0.501. The summed E-state index contributed by atoms with van der Waals surface area (Å²) in [5, 5.41) is 5.05. The fourth-order valence-corrected chi connectivity index (χ4v) is 3.21. The Morgan fingerprint density at radius 2 is 2.11 bits per heavy atom. The van der Waals surface area contributed by atoms with Crippen molar-refractivity contribution in [1.29, 1.82) is 0 Å². The lowest BCUT2D eigenvalue weighted by Crippen LogP contribution is -2.12. The number of benzene rings is 1. The van der Waals surface area contributed by atoms with Gasteiger partial charge in [-0.1, -0.05) is 15.9 Å². The van der Waals surface area contributed by atoms with E-state index in [0.717, 1.165) is 21.6 Å². The number of anilines is 1. The van der Waals surface area contributed by atoms with Crippen LogP contribution in [0.4, 0.5) is 10.2 Å². The van der Waals surface area contributed by atoms with E-state index < -0.39 is 11.9 Å². The summed E-state index contributed by atoms with van der Waals surface area (Å²) in [5.41, 5.74) is 7.87. The van der Waals surface area contributed by atoms with Crippen molar-refractivity contribution in [3.63, 3.8) is 0 Å². The normalized spacial score (nSPS) is 12.3. The Bertz CT molecular complexity index is 1120. The largest absolute Gasteiger partial charge is 0.480 e. The Hall–Kier alpha value is -3.00. The third-order valence-corrected chi connectivity index (χ3v) is 4.57. The molecule has 0 radical (unpaired) electrons. The van der Waals surface area contributed by atoms with Gasteiger partial charge in [-0.25, -0.2) is 14.1 Å². The molecular weight excluding hydrogens is 413 g/mol. The molecular formula is C19H15BrFN5O. The first kappa shape index (κ1) is 17.4. The van der Waals surface area contributed by atoms with Crippen molar-refractivity contribution in [2.75, 3.05) is 5.73 Å². The van der Waals surface area contributed by atoms with E-state index in [1.54, 1.807) is 23.1 Å². The molecule has 4 aromatic rings. The van der Waals surface area contributed by atoms with Crippen LogP contribution in [0.5, 0.6) is 5.75 Å². The molecule has 1 atom stereocenters. The Morgan fingerprint density at radius 1 is 1.26 bits per heavy atom. The van der Waals surface area contributed by atoms with Crippen molar-refractivity contribution in [2.45, 2.75) is 13.0 Å². The summed E-state index contributed by atoms with van der Waals surface area (Å²) in [7, 11) is 0. The molecule has 0 aliphatic carbocycles. The monoisotopic (exact) mass is 427 g/mol. The van der Waals surface area contributed by atoms with Gasteiger partial charge in [0.2, 0.25) is 0 Å². The summed E-state index contributed by atoms with van der Waals surface area (Å²) < 4.78 is 22.2. The quantitative estimate of drug-likeness (QED) is 0.520. The molecule has 3 heterocycles. The number of hydrogen-bond donors (Lipinski definition) is 1. The lowest BCUT2D eigenvalue weighted by Gasteiger charge is -2.18. The second-order valence-corrected chi connectivity index (χ2v) is 6.89. The number of nitrogens with zero attached hydrogens (tertiary/aromatic N) is 4. The maximum Gasteiger partial charge on any atom is 0.166 e. The number of pyridine rings is 2. The van der Waals surface area contributed by atoms with Crippen molar-refractivity contribution in [3.8, 4) is 11.4 Å². The molecule has 27 heavy (non-hydrogen) atoms. The van der Waals surface area contributed by atoms with Crippen molar-refractivity contribution in [2.24, 2.45) is 0 Å². The van der Waals surface area contributed by atoms with Crippen molar-refractivity contribution < 1.29 is 9.13 Å². The second-order valence-electron chi connectivity index (χ2n) is 5.98. The molecule has 0 aliphatic heterocycles. The van der Waals surface area contributed by atoms with Gasteiger partial charge in [-0.2, -0.15) is 5.10 Å². The first-order valence-corrected chi connectivity index (χ1v) is 8.98. The highest BCUT2D eigenvalue weighted by Crippen LogP contribution is 2.31. The Labute approximate surface area is 162 Å². The first-order valence-electron chi connectivity index (χ1n) is 8.19. The molecule has 136 valence electrons. The van der Waals surface area contributed by atoms with Crippen LogP contribution in [-0.4, -0.2) is 19.7 Å². The molecule has 0 fully saturated rings. The summed E-state index contributed by atoms with van der Waals surface area (Å²) in [6.45, 7) is 1.82. The fourth-order valence-electron chi connectivity index (χ4n) is 2.83. The maximum atomic E-state index is 13.7. The van der Waals surface area contributed by atoms with Crippen molar-refractivity contribution in [1.82, 2.24) is 19.7 Å². The Kier molecular flexibility index (Phi) is 4.49. The lowest BCUT2D eigenvalue weighted by molar-refractivity contribution is 0.222. The molecule has 4 rings (SSSR count). The van der Waals surface area contributed by atoms with Crippen LogP contribution in [0.3, 0.4) is 0 Å². The van der Waals surface area contributed by atoms with E-state index in [2.05, 4.69) is 31.0 Å². The predicted octanol–water partition coefficient (Wildman–Crippen LogP) is 4.44. The van der Waals surface area contributed by atoms with Gasteiger partial charge in [-0.15, -0.1) is 0 Å². The van der Waals surface area contributed by atoms with Crippen LogP contribution in [0.25, 0.3) is 16.6 Å². The highest BCUT2D eigenvalue weighted by molar-refractivity contribution is 9.10. The van der Waals surface area contributed by atoms with Crippen molar-refractivity contribution >= 4 is 32.7 Å². The van der Waals surface area contributed by atoms with Gasteiger partial charge in [0, 0.05) is 28.3 Å². The third kappa shape index (κ3) is 3.48. The van der Waals surface area contributed by atoms with Crippen LogP contribution in [-0.2, 0) is 0 Å². The van der Waals surface area contributed by atoms with Crippen LogP contribution in [0.2, 0.25) is 0 Å². The molecule has 1 aromatic carbocycles. The zero-order valence-electron chi connectivity index (χ0n) is 14.3. The van der Waals surface area contributed by atoms with Crippen LogP contribution >= 0.6 is 15.9 Å². The molecule has 2 N–H and O–H groups in total. The van der Waals surface area contributed by atoms with Crippen LogP contribution in [0, 0.1) is 5.82 Å². The molecule has 0 aliphatic rings. The zero-order valence-corrected chi connectivity index (χ0v) is 15.9. The molecule has 0 saturated carbocycles. The molecule has 1 unspecified atom stereocenters. The van der Waals surface area contributed by atoms with E-state index in [4.69, 9.17) is 10.5 Å². The first-order chi connectivity index (χ1) is 13.0. The number of halogens is 2. The average Bonchev–Trinajstić information content (AvgIpc) is 3.17. The SMILES string of the molecule is CC(Oc1cc2cc(Br)ccc2nc1N)c1ncc(F)cc1-n1cccn1. The van der Waals surface area contributed by atoms with E-state index in [-0.39, 0.29) is 5.82 Å². The van der Waals surface area contributed by atoms with Crippen LogP contribution < -0.4 is 10.5 Å². The maximum absolute atomic E-state index is 13.7. The van der Waals surface area contributed by atoms with Gasteiger partial charge in [0.25, 0.3) is 0 Å². The van der Waals surface area contributed by atoms with Gasteiger partial charge in [0.1, 0.15) is 17.6 Å². The summed E-state index contributed by atoms with van der Waals surface area (Å²) >= 11 is 3.45. The number of ether oxygens (including phenoxy) is 1. The molecule has 0 saturated heterocycles. The molecule has 3 aromatic heterocycles.